The number of piperidine rings is 1. The van der Waals surface area contributed by atoms with E-state index < -0.39 is 10.0 Å². The lowest BCUT2D eigenvalue weighted by Gasteiger charge is -2.31. The van der Waals surface area contributed by atoms with Gasteiger partial charge in [0.25, 0.3) is 0 Å². The van der Waals surface area contributed by atoms with Gasteiger partial charge in [-0.25, -0.2) is 12.7 Å². The second-order valence-corrected chi connectivity index (χ2v) is 9.03. The average Bonchev–Trinajstić information content (AvgIpc) is 2.55. The maximum absolute atomic E-state index is 12.4. The van der Waals surface area contributed by atoms with Crippen molar-refractivity contribution < 1.29 is 13.2 Å². The first-order valence-electron chi connectivity index (χ1n) is 7.87. The summed E-state index contributed by atoms with van der Waals surface area (Å²) in [7, 11) is -3.14. The Hall–Kier alpha value is -0.920. The van der Waals surface area contributed by atoms with E-state index >= 15 is 0 Å². The van der Waals surface area contributed by atoms with Crippen molar-refractivity contribution in [2.75, 3.05) is 18.8 Å². The molecule has 1 aliphatic heterocycles. The summed E-state index contributed by atoms with van der Waals surface area (Å²) in [6, 6.07) is 7.78. The van der Waals surface area contributed by atoms with Gasteiger partial charge in [0.1, 0.15) is 0 Å². The van der Waals surface area contributed by atoms with E-state index in [0.29, 0.717) is 25.9 Å². The molecule has 1 saturated heterocycles. The molecule has 1 N–H and O–H groups in total. The summed E-state index contributed by atoms with van der Waals surface area (Å²) in [5.74, 6) is 0.00276. The smallest absolute Gasteiger partial charge is 0.223 e. The van der Waals surface area contributed by atoms with Gasteiger partial charge >= 0.3 is 0 Å². The van der Waals surface area contributed by atoms with Crippen molar-refractivity contribution in [3.8, 4) is 0 Å². The largest absolute Gasteiger partial charge is 0.349 e. The molecule has 7 heteroatoms. The van der Waals surface area contributed by atoms with Gasteiger partial charge in [-0.3, -0.25) is 4.79 Å². The first-order chi connectivity index (χ1) is 10.8. The number of benzene rings is 1. The molecule has 5 nitrogen and oxygen atoms in total. The van der Waals surface area contributed by atoms with Crippen LogP contribution in [0.25, 0.3) is 0 Å². The fourth-order valence-corrected chi connectivity index (χ4v) is 4.32. The first kappa shape index (κ1) is 18.4. The van der Waals surface area contributed by atoms with E-state index in [-0.39, 0.29) is 23.6 Å². The van der Waals surface area contributed by atoms with Gasteiger partial charge in [-0.1, -0.05) is 28.1 Å². The minimum absolute atomic E-state index is 0.00558. The molecule has 23 heavy (non-hydrogen) atoms. The molecule has 1 amide bonds. The monoisotopic (exact) mass is 402 g/mol. The normalized spacial score (nSPS) is 18.6. The van der Waals surface area contributed by atoms with Crippen LogP contribution >= 0.6 is 15.9 Å². The predicted molar refractivity (Wildman–Crippen MR) is 94.5 cm³/mol. The Morgan fingerprint density at radius 3 is 2.61 bits per heavy atom. The van der Waals surface area contributed by atoms with E-state index in [9.17, 15) is 13.2 Å². The number of sulfonamides is 1. The SMILES string of the molecule is CCS(=O)(=O)N1CCC(C(=O)N[C@@H](C)c2cccc(Br)c2)CC1. The zero-order chi connectivity index (χ0) is 17.0. The molecule has 0 saturated carbocycles. The summed E-state index contributed by atoms with van der Waals surface area (Å²) in [6.45, 7) is 4.46. The summed E-state index contributed by atoms with van der Waals surface area (Å²) in [5.41, 5.74) is 1.04. The quantitative estimate of drug-likeness (QED) is 0.822. The van der Waals surface area contributed by atoms with Crippen molar-refractivity contribution in [2.45, 2.75) is 32.7 Å². The molecule has 0 radical (unpaired) electrons. The number of carbonyl (C=O) groups excluding carboxylic acids is 1. The Kier molecular flexibility index (Phi) is 6.22. The van der Waals surface area contributed by atoms with E-state index in [2.05, 4.69) is 21.2 Å². The molecule has 0 spiro atoms. The number of hydrogen-bond donors (Lipinski definition) is 1. The van der Waals surface area contributed by atoms with Crippen molar-refractivity contribution in [3.63, 3.8) is 0 Å². The molecule has 1 aromatic carbocycles. The topological polar surface area (TPSA) is 66.5 Å². The van der Waals surface area contributed by atoms with E-state index in [4.69, 9.17) is 0 Å². The van der Waals surface area contributed by atoms with Crippen LogP contribution < -0.4 is 5.32 Å². The predicted octanol–water partition coefficient (Wildman–Crippen LogP) is 2.69. The van der Waals surface area contributed by atoms with Gasteiger partial charge in [-0.2, -0.15) is 0 Å². The molecule has 1 fully saturated rings. The average molecular weight is 403 g/mol. The zero-order valence-electron chi connectivity index (χ0n) is 13.5. The van der Waals surface area contributed by atoms with Gasteiger partial charge in [0.2, 0.25) is 15.9 Å². The van der Waals surface area contributed by atoms with Gasteiger partial charge in [0, 0.05) is 23.5 Å². The van der Waals surface area contributed by atoms with Gasteiger partial charge < -0.3 is 5.32 Å². The third kappa shape index (κ3) is 4.78. The highest BCUT2D eigenvalue weighted by Crippen LogP contribution is 2.22. The van der Waals surface area contributed by atoms with Crippen molar-refractivity contribution in [1.82, 2.24) is 9.62 Å². The minimum Gasteiger partial charge on any atom is -0.349 e. The standard InChI is InChI=1S/C16H23BrN2O3S/c1-3-23(21,22)19-9-7-13(8-10-19)16(20)18-12(2)14-5-4-6-15(17)11-14/h4-6,11-13H,3,7-10H2,1-2H3,(H,18,20)/t12-/m0/s1. The Balaban J connectivity index is 1.90. The number of nitrogens with zero attached hydrogens (tertiary/aromatic N) is 1. The molecule has 1 atom stereocenters. The van der Waals surface area contributed by atoms with E-state index in [1.165, 1.54) is 4.31 Å². The zero-order valence-corrected chi connectivity index (χ0v) is 15.9. The summed E-state index contributed by atoms with van der Waals surface area (Å²) in [6.07, 6.45) is 1.16. The van der Waals surface area contributed by atoms with Crippen LogP contribution in [0, 0.1) is 5.92 Å². The van der Waals surface area contributed by atoms with Gasteiger partial charge in [-0.05, 0) is 44.4 Å². The fourth-order valence-electron chi connectivity index (χ4n) is 2.77. The van der Waals surface area contributed by atoms with E-state index in [1.54, 1.807) is 6.92 Å². The molecular formula is C16H23BrN2O3S. The van der Waals surface area contributed by atoms with Crippen LogP contribution in [0.4, 0.5) is 0 Å². The maximum Gasteiger partial charge on any atom is 0.223 e. The summed E-state index contributed by atoms with van der Waals surface area (Å²) < 4.78 is 26.2. The summed E-state index contributed by atoms with van der Waals surface area (Å²) >= 11 is 3.43. The number of halogens is 1. The first-order valence-corrected chi connectivity index (χ1v) is 10.3. The second kappa shape index (κ2) is 7.77. The number of rotatable bonds is 5. The molecule has 2 rings (SSSR count). The fraction of sp³-hybridized carbons (Fsp3) is 0.562. The second-order valence-electron chi connectivity index (χ2n) is 5.86. The van der Waals surface area contributed by atoms with Crippen molar-refractivity contribution >= 4 is 31.9 Å². The van der Waals surface area contributed by atoms with Gasteiger partial charge in [-0.15, -0.1) is 0 Å². The summed E-state index contributed by atoms with van der Waals surface area (Å²) in [4.78, 5) is 12.4. The molecule has 0 aromatic heterocycles. The van der Waals surface area contributed by atoms with Crippen LogP contribution in [-0.2, 0) is 14.8 Å². The van der Waals surface area contributed by atoms with Crippen LogP contribution in [0.2, 0.25) is 0 Å². The molecule has 0 unspecified atom stereocenters. The maximum atomic E-state index is 12.4. The highest BCUT2D eigenvalue weighted by Gasteiger charge is 2.30. The van der Waals surface area contributed by atoms with Crippen LogP contribution in [0.5, 0.6) is 0 Å². The number of carbonyl (C=O) groups is 1. The highest BCUT2D eigenvalue weighted by atomic mass is 79.9. The van der Waals surface area contributed by atoms with E-state index in [1.807, 2.05) is 31.2 Å². The van der Waals surface area contributed by atoms with Crippen LogP contribution in [0.3, 0.4) is 0 Å². The molecule has 1 aromatic rings. The lowest BCUT2D eigenvalue weighted by atomic mass is 9.96. The molecule has 1 heterocycles. The Bertz CT molecular complexity index is 655. The lowest BCUT2D eigenvalue weighted by Crippen LogP contribution is -2.43. The molecule has 0 bridgehead atoms. The molecule has 1 aliphatic rings. The third-order valence-corrected chi connectivity index (χ3v) is 6.67. The van der Waals surface area contributed by atoms with Crippen LogP contribution in [0.15, 0.2) is 28.7 Å². The summed E-state index contributed by atoms with van der Waals surface area (Å²) in [5, 5.41) is 3.03. The highest BCUT2D eigenvalue weighted by molar-refractivity contribution is 9.10. The van der Waals surface area contributed by atoms with Crippen molar-refractivity contribution in [1.29, 1.82) is 0 Å². The Morgan fingerprint density at radius 1 is 1.39 bits per heavy atom. The van der Waals surface area contributed by atoms with E-state index in [0.717, 1.165) is 10.0 Å². The van der Waals surface area contributed by atoms with Crippen LogP contribution in [0.1, 0.15) is 38.3 Å². The van der Waals surface area contributed by atoms with Crippen molar-refractivity contribution in [2.24, 2.45) is 5.92 Å². The number of nitrogens with one attached hydrogen (secondary N) is 1. The molecule has 0 aliphatic carbocycles. The van der Waals surface area contributed by atoms with Gasteiger partial charge in [0.05, 0.1) is 11.8 Å². The number of amides is 1. The van der Waals surface area contributed by atoms with Crippen molar-refractivity contribution in [3.05, 3.63) is 34.3 Å². The minimum atomic E-state index is -3.14. The molecular weight excluding hydrogens is 380 g/mol. The lowest BCUT2D eigenvalue weighted by molar-refractivity contribution is -0.126. The third-order valence-electron chi connectivity index (χ3n) is 4.29. The van der Waals surface area contributed by atoms with Gasteiger partial charge in [0.15, 0.2) is 0 Å². The Labute approximate surface area is 146 Å². The molecule has 128 valence electrons. The number of hydrogen-bond acceptors (Lipinski definition) is 3. The van der Waals surface area contributed by atoms with Crippen LogP contribution in [-0.4, -0.2) is 37.5 Å². The Morgan fingerprint density at radius 2 is 2.04 bits per heavy atom.